The number of unbranched alkanes of at least 4 members (excludes halogenated alkanes) is 33. The molecule has 0 radical (unpaired) electrons. The Morgan fingerprint density at radius 3 is 0.697 bits per heavy atom. The zero-order valence-corrected chi connectivity index (χ0v) is 59.8. The summed E-state index contributed by atoms with van der Waals surface area (Å²) in [6.45, 7) is 14.1. The predicted molar refractivity (Wildman–Crippen MR) is 358 cm³/mol. The average Bonchev–Trinajstić information content (AvgIpc) is 3.61. The Labute approximate surface area is 543 Å². The van der Waals surface area contributed by atoms with Crippen molar-refractivity contribution in [1.82, 2.24) is 0 Å². The largest absolute Gasteiger partial charge is 0.472 e. The first kappa shape index (κ1) is 87.1. The van der Waals surface area contributed by atoms with Gasteiger partial charge in [-0.15, -0.1) is 0 Å². The summed E-state index contributed by atoms with van der Waals surface area (Å²) in [6, 6.07) is 0. The smallest absolute Gasteiger partial charge is 0.462 e. The maximum Gasteiger partial charge on any atom is 0.472 e. The molecule has 0 aliphatic rings. The summed E-state index contributed by atoms with van der Waals surface area (Å²) in [4.78, 5) is 72.5. The van der Waals surface area contributed by atoms with Gasteiger partial charge in [-0.1, -0.05) is 293 Å². The van der Waals surface area contributed by atoms with Crippen molar-refractivity contribution in [3.8, 4) is 0 Å². The molecule has 0 aliphatic heterocycles. The number of aliphatic hydroxyl groups is 1. The SMILES string of the molecule is CC(C)CCCCCCCCCCCCCC(=O)OC[C@H](COP(=O)(O)OCC(O)COP(=O)(O)OC[C@@H](COC(=O)CCCCCCCCCCC(C)C)OC(=O)CCCCCCCCCCC(C)C)OC(=O)CCCCCCCCCCCCC(C)C. The third kappa shape index (κ3) is 64.6. The molecule has 17 nitrogen and oxygen atoms in total. The zero-order valence-electron chi connectivity index (χ0n) is 58.1. The molecule has 0 spiro atoms. The van der Waals surface area contributed by atoms with E-state index in [1.165, 1.54) is 148 Å². The number of ether oxygens (including phenoxy) is 4. The van der Waals surface area contributed by atoms with Gasteiger partial charge in [0.1, 0.15) is 19.3 Å². The van der Waals surface area contributed by atoms with Crippen LogP contribution in [-0.4, -0.2) is 96.7 Å². The molecule has 0 rings (SSSR count). The van der Waals surface area contributed by atoms with Crippen LogP contribution in [0.3, 0.4) is 0 Å². The molecular formula is C70H136O17P2. The Bertz CT molecular complexity index is 1760. The van der Waals surface area contributed by atoms with Crippen molar-refractivity contribution in [2.75, 3.05) is 39.6 Å². The Morgan fingerprint density at radius 1 is 0.281 bits per heavy atom. The fourth-order valence-corrected chi connectivity index (χ4v) is 12.1. The van der Waals surface area contributed by atoms with E-state index < -0.39 is 97.5 Å². The van der Waals surface area contributed by atoms with Crippen LogP contribution in [-0.2, 0) is 65.4 Å². The van der Waals surface area contributed by atoms with E-state index in [-0.39, 0.29) is 25.7 Å². The Balaban J connectivity index is 5.26. The highest BCUT2D eigenvalue weighted by Crippen LogP contribution is 2.45. The zero-order chi connectivity index (χ0) is 66.1. The van der Waals surface area contributed by atoms with Gasteiger partial charge in [-0.25, -0.2) is 9.13 Å². The summed E-state index contributed by atoms with van der Waals surface area (Å²) >= 11 is 0. The van der Waals surface area contributed by atoms with Gasteiger partial charge in [0, 0.05) is 25.7 Å². The first-order valence-electron chi connectivity index (χ1n) is 36.2. The summed E-state index contributed by atoms with van der Waals surface area (Å²) in [5.74, 6) is 0.837. The molecule has 528 valence electrons. The van der Waals surface area contributed by atoms with Gasteiger partial charge in [0.05, 0.1) is 26.4 Å². The van der Waals surface area contributed by atoms with Crippen molar-refractivity contribution in [2.45, 2.75) is 363 Å². The molecule has 89 heavy (non-hydrogen) atoms. The first-order valence-corrected chi connectivity index (χ1v) is 39.2. The third-order valence-electron chi connectivity index (χ3n) is 16.1. The maximum atomic E-state index is 13.0. The normalized spacial score (nSPS) is 14.3. The lowest BCUT2D eigenvalue weighted by Crippen LogP contribution is -2.30. The van der Waals surface area contributed by atoms with Crippen LogP contribution in [0.2, 0.25) is 0 Å². The second kappa shape index (κ2) is 59.8. The van der Waals surface area contributed by atoms with Crippen molar-refractivity contribution < 1.29 is 80.2 Å². The standard InChI is InChI=1S/C70H136O17P2/c1-60(2)46-38-30-22-14-10-9-11-16-26-34-42-50-67(72)80-56-65(86-69(74)52-44-36-28-17-13-12-15-23-31-39-47-61(3)4)58-84-88(76,77)82-54-64(71)55-83-89(78,79)85-59-66(87-70(75)53-45-37-29-21-19-25-33-41-49-63(7)8)57-81-68(73)51-43-35-27-20-18-24-32-40-48-62(5)6/h60-66,71H,9-59H2,1-8H3,(H,76,77)(H,78,79)/t64?,65-,66-/m1/s1. The molecule has 0 aromatic rings. The van der Waals surface area contributed by atoms with Crippen LogP contribution in [0.25, 0.3) is 0 Å². The molecule has 0 heterocycles. The van der Waals surface area contributed by atoms with Crippen molar-refractivity contribution >= 4 is 39.5 Å². The topological polar surface area (TPSA) is 237 Å². The van der Waals surface area contributed by atoms with Crippen molar-refractivity contribution in [3.63, 3.8) is 0 Å². The molecule has 3 N–H and O–H groups in total. The summed E-state index contributed by atoms with van der Waals surface area (Å²) in [5, 5.41) is 10.6. The van der Waals surface area contributed by atoms with E-state index in [1.54, 1.807) is 0 Å². The summed E-state index contributed by atoms with van der Waals surface area (Å²) < 4.78 is 68.3. The van der Waals surface area contributed by atoms with Crippen LogP contribution in [0.4, 0.5) is 0 Å². The van der Waals surface area contributed by atoms with Gasteiger partial charge in [0.15, 0.2) is 12.2 Å². The van der Waals surface area contributed by atoms with Crippen LogP contribution in [0.15, 0.2) is 0 Å². The molecule has 0 aliphatic carbocycles. The van der Waals surface area contributed by atoms with E-state index in [0.29, 0.717) is 25.7 Å². The summed E-state index contributed by atoms with van der Waals surface area (Å²) in [6.07, 6.45) is 41.7. The number of phosphoric ester groups is 2. The number of hydrogen-bond acceptors (Lipinski definition) is 15. The van der Waals surface area contributed by atoms with E-state index in [2.05, 4.69) is 55.4 Å². The average molecular weight is 1310 g/mol. The van der Waals surface area contributed by atoms with Gasteiger partial charge in [-0.3, -0.25) is 37.3 Å². The monoisotopic (exact) mass is 1310 g/mol. The van der Waals surface area contributed by atoms with Crippen LogP contribution in [0.5, 0.6) is 0 Å². The molecule has 5 atom stereocenters. The highest BCUT2D eigenvalue weighted by atomic mass is 31.2. The lowest BCUT2D eigenvalue weighted by atomic mass is 10.0. The quantitative estimate of drug-likeness (QED) is 0.0222. The molecule has 0 bridgehead atoms. The van der Waals surface area contributed by atoms with Gasteiger partial charge >= 0.3 is 39.5 Å². The maximum absolute atomic E-state index is 13.0. The number of carbonyl (C=O) groups is 4. The Hall–Kier alpha value is -1.94. The molecule has 3 unspecified atom stereocenters. The van der Waals surface area contributed by atoms with Gasteiger partial charge in [0.25, 0.3) is 0 Å². The number of aliphatic hydroxyl groups excluding tert-OH is 1. The minimum absolute atomic E-state index is 0.103. The molecule has 0 amide bonds. The van der Waals surface area contributed by atoms with Crippen molar-refractivity contribution in [3.05, 3.63) is 0 Å². The second-order valence-electron chi connectivity index (χ2n) is 27.2. The van der Waals surface area contributed by atoms with Crippen LogP contribution in [0, 0.1) is 23.7 Å². The molecule has 0 aromatic carbocycles. The van der Waals surface area contributed by atoms with Crippen molar-refractivity contribution in [1.29, 1.82) is 0 Å². The number of esters is 4. The van der Waals surface area contributed by atoms with Crippen LogP contribution in [0.1, 0.15) is 344 Å². The molecule has 0 fully saturated rings. The fraction of sp³-hybridized carbons (Fsp3) is 0.943. The van der Waals surface area contributed by atoms with Gasteiger partial charge in [-0.05, 0) is 49.4 Å². The van der Waals surface area contributed by atoms with E-state index in [9.17, 15) is 43.2 Å². The van der Waals surface area contributed by atoms with E-state index in [1.807, 2.05) is 0 Å². The minimum atomic E-state index is -4.95. The summed E-state index contributed by atoms with van der Waals surface area (Å²) in [7, 11) is -9.90. The highest BCUT2D eigenvalue weighted by molar-refractivity contribution is 7.47. The highest BCUT2D eigenvalue weighted by Gasteiger charge is 2.30. The van der Waals surface area contributed by atoms with Gasteiger partial charge in [-0.2, -0.15) is 0 Å². The first-order chi connectivity index (χ1) is 42.6. The molecule has 0 aromatic heterocycles. The van der Waals surface area contributed by atoms with E-state index >= 15 is 0 Å². The van der Waals surface area contributed by atoms with Crippen molar-refractivity contribution in [2.24, 2.45) is 23.7 Å². The number of rotatable bonds is 67. The lowest BCUT2D eigenvalue weighted by molar-refractivity contribution is -0.161. The molecule has 19 heteroatoms. The van der Waals surface area contributed by atoms with Crippen LogP contribution < -0.4 is 0 Å². The fourth-order valence-electron chi connectivity index (χ4n) is 10.5. The number of hydrogen-bond donors (Lipinski definition) is 3. The molecule has 0 saturated carbocycles. The Morgan fingerprint density at radius 2 is 0.472 bits per heavy atom. The number of carbonyl (C=O) groups excluding carboxylic acids is 4. The van der Waals surface area contributed by atoms with E-state index in [0.717, 1.165) is 114 Å². The second-order valence-corrected chi connectivity index (χ2v) is 30.1. The third-order valence-corrected chi connectivity index (χ3v) is 18.0. The molecular weight excluding hydrogens is 1170 g/mol. The van der Waals surface area contributed by atoms with Gasteiger partial charge < -0.3 is 33.8 Å². The Kier molecular flexibility index (Phi) is 58.5. The van der Waals surface area contributed by atoms with E-state index in [4.69, 9.17) is 37.0 Å². The summed E-state index contributed by atoms with van der Waals surface area (Å²) in [5.41, 5.74) is 0. The molecule has 0 saturated heterocycles. The van der Waals surface area contributed by atoms with Crippen LogP contribution >= 0.6 is 15.6 Å². The lowest BCUT2D eigenvalue weighted by Gasteiger charge is -2.21. The predicted octanol–water partition coefficient (Wildman–Crippen LogP) is 19.7. The van der Waals surface area contributed by atoms with Gasteiger partial charge in [0.2, 0.25) is 0 Å². The number of phosphoric acid groups is 2. The minimum Gasteiger partial charge on any atom is -0.462 e.